The van der Waals surface area contributed by atoms with Crippen LogP contribution in [0.1, 0.15) is 5.56 Å². The van der Waals surface area contributed by atoms with E-state index in [4.69, 9.17) is 15.0 Å². The maximum absolute atomic E-state index is 5.82. The third-order valence-corrected chi connectivity index (χ3v) is 2.55. The summed E-state index contributed by atoms with van der Waals surface area (Å²) in [6, 6.07) is 17.6. The first-order valence-electron chi connectivity index (χ1n) is 5.89. The number of hydrogen-bond acceptors (Lipinski definition) is 3. The molecule has 0 aromatic heterocycles. The molecule has 0 atom stereocenters. The lowest BCUT2D eigenvalue weighted by Gasteiger charge is -2.15. The molecule has 4 heteroatoms. The second kappa shape index (κ2) is 6.24. The zero-order valence-electron chi connectivity index (χ0n) is 10.4. The van der Waals surface area contributed by atoms with Crippen molar-refractivity contribution in [1.29, 1.82) is 0 Å². The summed E-state index contributed by atoms with van der Waals surface area (Å²) in [7, 11) is -0.474. The van der Waals surface area contributed by atoms with E-state index in [1.54, 1.807) is 0 Å². The molecule has 3 nitrogen and oxygen atoms in total. The van der Waals surface area contributed by atoms with E-state index < -0.39 is 7.12 Å². The van der Waals surface area contributed by atoms with Crippen LogP contribution >= 0.6 is 0 Å². The van der Waals surface area contributed by atoms with E-state index in [1.807, 2.05) is 61.5 Å². The Morgan fingerprint density at radius 3 is 2.50 bits per heavy atom. The van der Waals surface area contributed by atoms with Gasteiger partial charge in [-0.25, -0.2) is 0 Å². The predicted molar refractivity (Wildman–Crippen MR) is 73.8 cm³/mol. The van der Waals surface area contributed by atoms with Gasteiger partial charge in [0, 0.05) is 0 Å². The molecule has 2 aromatic carbocycles. The average molecular weight is 241 g/mol. The third-order valence-electron chi connectivity index (χ3n) is 2.55. The first-order chi connectivity index (χ1) is 8.79. The van der Waals surface area contributed by atoms with Gasteiger partial charge < -0.3 is 15.0 Å². The Morgan fingerprint density at radius 1 is 1.06 bits per heavy atom. The molecule has 92 valence electrons. The Hall–Kier alpha value is -1.78. The molecule has 0 aliphatic carbocycles. The van der Waals surface area contributed by atoms with Crippen molar-refractivity contribution in [1.82, 2.24) is 0 Å². The van der Waals surface area contributed by atoms with Crippen LogP contribution in [0, 0.1) is 6.92 Å². The zero-order chi connectivity index (χ0) is 12.8. The fourth-order valence-electron chi connectivity index (χ4n) is 1.71. The van der Waals surface area contributed by atoms with E-state index in [9.17, 15) is 0 Å². The van der Waals surface area contributed by atoms with Crippen LogP contribution < -0.4 is 15.9 Å². The summed E-state index contributed by atoms with van der Waals surface area (Å²) in [5, 5.41) is 0. The zero-order valence-corrected chi connectivity index (χ0v) is 10.4. The van der Waals surface area contributed by atoms with Crippen molar-refractivity contribution in [3.05, 3.63) is 60.2 Å². The highest BCUT2D eigenvalue weighted by molar-refractivity contribution is 6.62. The molecular weight excluding hydrogens is 225 g/mol. The van der Waals surface area contributed by atoms with Crippen molar-refractivity contribution >= 4 is 12.6 Å². The first kappa shape index (κ1) is 12.7. The maximum Gasteiger partial charge on any atom is 0.563 e. The predicted octanol–water partition coefficient (Wildman–Crippen LogP) is 1.70. The lowest BCUT2D eigenvalue weighted by molar-refractivity contribution is 0.285. The van der Waals surface area contributed by atoms with E-state index in [0.717, 1.165) is 16.8 Å². The SMILES string of the molecule is Cc1cccc(OB(OCN)c2ccccc2)c1. The highest BCUT2D eigenvalue weighted by Gasteiger charge is 2.22. The quantitative estimate of drug-likeness (QED) is 0.640. The van der Waals surface area contributed by atoms with Crippen LogP contribution in [0.2, 0.25) is 0 Å². The van der Waals surface area contributed by atoms with Gasteiger partial charge in [0.15, 0.2) is 0 Å². The van der Waals surface area contributed by atoms with Crippen molar-refractivity contribution < 1.29 is 9.31 Å². The Labute approximate surface area is 108 Å². The van der Waals surface area contributed by atoms with Crippen molar-refractivity contribution in [2.75, 3.05) is 6.73 Å². The molecule has 2 N–H and O–H groups in total. The molecule has 18 heavy (non-hydrogen) atoms. The lowest BCUT2D eigenvalue weighted by atomic mass is 9.79. The van der Waals surface area contributed by atoms with Crippen LogP contribution in [0.5, 0.6) is 5.75 Å². The summed E-state index contributed by atoms with van der Waals surface area (Å²) in [5.41, 5.74) is 7.54. The molecule has 0 bridgehead atoms. The standard InChI is InChI=1S/C14H16BNO2/c1-12-6-5-9-14(10-12)18-15(17-11-16)13-7-3-2-4-8-13/h2-10H,11,16H2,1H3. The van der Waals surface area contributed by atoms with Gasteiger partial charge in [0.05, 0.1) is 6.73 Å². The fourth-order valence-corrected chi connectivity index (χ4v) is 1.71. The Balaban J connectivity index is 2.16. The van der Waals surface area contributed by atoms with E-state index in [1.165, 1.54) is 0 Å². The molecule has 0 spiro atoms. The largest absolute Gasteiger partial charge is 0.563 e. The number of benzene rings is 2. The molecule has 2 aromatic rings. The molecule has 0 saturated carbocycles. The van der Waals surface area contributed by atoms with Gasteiger partial charge in [0.1, 0.15) is 5.75 Å². The molecular formula is C14H16BNO2. The summed E-state index contributed by atoms with van der Waals surface area (Å²) in [6.45, 7) is 2.14. The summed E-state index contributed by atoms with van der Waals surface area (Å²) >= 11 is 0. The van der Waals surface area contributed by atoms with E-state index >= 15 is 0 Å². The van der Waals surface area contributed by atoms with Gasteiger partial charge in [0.2, 0.25) is 0 Å². The van der Waals surface area contributed by atoms with Crippen molar-refractivity contribution in [3.63, 3.8) is 0 Å². The Kier molecular flexibility index (Phi) is 4.39. The minimum absolute atomic E-state index is 0.116. The first-order valence-corrected chi connectivity index (χ1v) is 5.89. The van der Waals surface area contributed by atoms with Gasteiger partial charge in [-0.15, -0.1) is 0 Å². The lowest BCUT2D eigenvalue weighted by Crippen LogP contribution is -2.41. The normalized spacial score (nSPS) is 10.1. The van der Waals surface area contributed by atoms with Gasteiger partial charge >= 0.3 is 7.12 Å². The monoisotopic (exact) mass is 241 g/mol. The van der Waals surface area contributed by atoms with Crippen LogP contribution in [0.4, 0.5) is 0 Å². The van der Waals surface area contributed by atoms with Crippen molar-refractivity contribution in [2.24, 2.45) is 5.73 Å². The van der Waals surface area contributed by atoms with E-state index in [0.29, 0.717) is 0 Å². The van der Waals surface area contributed by atoms with E-state index in [2.05, 4.69) is 0 Å². The highest BCUT2D eigenvalue weighted by Crippen LogP contribution is 2.13. The molecule has 0 fully saturated rings. The van der Waals surface area contributed by atoms with Crippen LogP contribution in [-0.4, -0.2) is 13.8 Å². The third kappa shape index (κ3) is 3.36. The van der Waals surface area contributed by atoms with Crippen LogP contribution in [-0.2, 0) is 4.65 Å². The van der Waals surface area contributed by atoms with Crippen molar-refractivity contribution in [3.8, 4) is 5.75 Å². The van der Waals surface area contributed by atoms with Gasteiger partial charge in [-0.2, -0.15) is 0 Å². The molecule has 0 aliphatic heterocycles. The summed E-state index contributed by atoms with van der Waals surface area (Å²) in [5.74, 6) is 0.775. The van der Waals surface area contributed by atoms with Gasteiger partial charge in [-0.05, 0) is 30.1 Å². The number of rotatable bonds is 5. The number of aryl methyl sites for hydroxylation is 1. The molecule has 0 unspecified atom stereocenters. The number of nitrogens with two attached hydrogens (primary N) is 1. The van der Waals surface area contributed by atoms with Gasteiger partial charge in [-0.1, -0.05) is 42.5 Å². The fraction of sp³-hybridized carbons (Fsp3) is 0.143. The molecule has 0 heterocycles. The van der Waals surface area contributed by atoms with Crippen LogP contribution in [0.3, 0.4) is 0 Å². The summed E-state index contributed by atoms with van der Waals surface area (Å²) in [4.78, 5) is 0. The van der Waals surface area contributed by atoms with Crippen LogP contribution in [0.15, 0.2) is 54.6 Å². The highest BCUT2D eigenvalue weighted by atomic mass is 16.6. The van der Waals surface area contributed by atoms with Gasteiger partial charge in [-0.3, -0.25) is 0 Å². The Bertz CT molecular complexity index is 490. The molecule has 0 saturated heterocycles. The topological polar surface area (TPSA) is 44.5 Å². The second-order valence-corrected chi connectivity index (χ2v) is 4.01. The van der Waals surface area contributed by atoms with Gasteiger partial charge in [0.25, 0.3) is 0 Å². The minimum Gasteiger partial charge on any atom is -0.532 e. The summed E-state index contributed by atoms with van der Waals surface area (Å²) in [6.07, 6.45) is 0. The number of hydrogen-bond donors (Lipinski definition) is 1. The minimum atomic E-state index is -0.474. The summed E-state index contributed by atoms with van der Waals surface area (Å²) < 4.78 is 11.2. The molecule has 2 rings (SSSR count). The Morgan fingerprint density at radius 2 is 1.83 bits per heavy atom. The molecule has 0 radical (unpaired) electrons. The second-order valence-electron chi connectivity index (χ2n) is 4.01. The maximum atomic E-state index is 5.82. The average Bonchev–Trinajstić information content (AvgIpc) is 2.39. The van der Waals surface area contributed by atoms with E-state index in [-0.39, 0.29) is 6.73 Å². The molecule has 0 amide bonds. The van der Waals surface area contributed by atoms with Crippen LogP contribution in [0.25, 0.3) is 0 Å². The smallest absolute Gasteiger partial charge is 0.532 e. The molecule has 0 aliphatic rings. The van der Waals surface area contributed by atoms with Crippen molar-refractivity contribution in [2.45, 2.75) is 6.92 Å².